The maximum Gasteiger partial charge on any atom is 0.319 e. The average Bonchev–Trinajstić information content (AvgIpc) is 3.02. The van der Waals surface area contributed by atoms with Gasteiger partial charge in [0.2, 0.25) is 0 Å². The van der Waals surface area contributed by atoms with Crippen LogP contribution in [-0.2, 0) is 6.42 Å². The van der Waals surface area contributed by atoms with E-state index in [4.69, 9.17) is 10.5 Å². The first-order valence-electron chi connectivity index (χ1n) is 10.0. The van der Waals surface area contributed by atoms with Crippen LogP contribution in [0.3, 0.4) is 0 Å². The van der Waals surface area contributed by atoms with Crippen LogP contribution in [0.1, 0.15) is 56.7 Å². The molecule has 1 fully saturated rings. The number of ether oxygens (including phenoxy) is 1. The van der Waals surface area contributed by atoms with Gasteiger partial charge in [-0.1, -0.05) is 19.8 Å². The fourth-order valence-electron chi connectivity index (χ4n) is 3.75. The monoisotopic (exact) mass is 370 g/mol. The smallest absolute Gasteiger partial charge is 0.319 e. The molecule has 0 radical (unpaired) electrons. The van der Waals surface area contributed by atoms with E-state index in [1.807, 2.05) is 0 Å². The van der Waals surface area contributed by atoms with Gasteiger partial charge in [0.25, 0.3) is 0 Å². The third-order valence-electron chi connectivity index (χ3n) is 5.47. The lowest BCUT2D eigenvalue weighted by Gasteiger charge is -2.28. The second-order valence-electron chi connectivity index (χ2n) is 7.55. The molecule has 0 aliphatic carbocycles. The highest BCUT2D eigenvalue weighted by atomic mass is 16.5. The zero-order valence-corrected chi connectivity index (χ0v) is 16.4. The first-order chi connectivity index (χ1) is 13.1. The summed E-state index contributed by atoms with van der Waals surface area (Å²) < 4.78 is 5.64. The van der Waals surface area contributed by atoms with Gasteiger partial charge in [-0.3, -0.25) is 0 Å². The average molecular weight is 371 g/mol. The Labute approximate surface area is 160 Å². The van der Waals surface area contributed by atoms with Crippen LogP contribution in [0.5, 0.6) is 6.01 Å². The van der Waals surface area contributed by atoms with Crippen molar-refractivity contribution >= 4 is 16.9 Å². The van der Waals surface area contributed by atoms with Crippen LogP contribution >= 0.6 is 0 Å². The van der Waals surface area contributed by atoms with Crippen LogP contribution in [0, 0.1) is 17.2 Å². The van der Waals surface area contributed by atoms with E-state index in [2.05, 4.69) is 39.9 Å². The molecule has 7 nitrogen and oxygen atoms in total. The van der Waals surface area contributed by atoms with Crippen molar-refractivity contribution in [2.24, 2.45) is 5.92 Å². The van der Waals surface area contributed by atoms with Crippen LogP contribution in [0.4, 0.5) is 5.82 Å². The number of nitrogens with one attached hydrogen (secondary N) is 1. The number of likely N-dealkylation sites (tertiary alicyclic amines) is 1. The molecular weight excluding hydrogens is 340 g/mol. The molecule has 146 valence electrons. The Hall–Kier alpha value is -2.33. The van der Waals surface area contributed by atoms with E-state index < -0.39 is 0 Å². The number of aromatic amines is 1. The molecule has 0 atom stereocenters. The van der Waals surface area contributed by atoms with Crippen molar-refractivity contribution in [3.8, 4) is 12.1 Å². The quantitative estimate of drug-likeness (QED) is 0.691. The fraction of sp³-hybridized carbons (Fsp3) is 0.650. The summed E-state index contributed by atoms with van der Waals surface area (Å²) in [6.45, 7) is 5.05. The molecule has 1 saturated heterocycles. The van der Waals surface area contributed by atoms with Crippen molar-refractivity contribution < 1.29 is 4.74 Å². The molecule has 3 heterocycles. The van der Waals surface area contributed by atoms with Gasteiger partial charge in [0, 0.05) is 5.56 Å². The number of piperidine rings is 1. The Morgan fingerprint density at radius 1 is 1.30 bits per heavy atom. The molecule has 2 aromatic rings. The highest BCUT2D eigenvalue weighted by molar-refractivity contribution is 5.89. The van der Waals surface area contributed by atoms with Crippen LogP contribution in [0.25, 0.3) is 11.0 Å². The zero-order valence-electron chi connectivity index (χ0n) is 16.4. The topological polar surface area (TPSA) is 104 Å². The first kappa shape index (κ1) is 19.4. The molecule has 0 saturated carbocycles. The maximum atomic E-state index is 9.52. The van der Waals surface area contributed by atoms with Gasteiger partial charge in [-0.05, 0) is 58.2 Å². The second kappa shape index (κ2) is 9.05. The van der Waals surface area contributed by atoms with E-state index in [9.17, 15) is 5.26 Å². The predicted molar refractivity (Wildman–Crippen MR) is 107 cm³/mol. The van der Waals surface area contributed by atoms with Crippen molar-refractivity contribution in [2.45, 2.75) is 51.9 Å². The third kappa shape index (κ3) is 4.69. The maximum absolute atomic E-state index is 9.52. The SMILES string of the molecule is CCCCOc1nc(N)c2[nH]c(C#N)c(CCCC3CCN(C)CC3)c2n1. The number of fused-ring (bicyclic) bond motifs is 1. The number of hydrogen-bond donors (Lipinski definition) is 2. The number of nitrogen functional groups attached to an aromatic ring is 1. The lowest BCUT2D eigenvalue weighted by Crippen LogP contribution is -2.30. The Morgan fingerprint density at radius 2 is 2.07 bits per heavy atom. The number of nitrogens with two attached hydrogens (primary N) is 1. The van der Waals surface area contributed by atoms with E-state index in [-0.39, 0.29) is 0 Å². The van der Waals surface area contributed by atoms with Gasteiger partial charge in [0.15, 0.2) is 5.82 Å². The summed E-state index contributed by atoms with van der Waals surface area (Å²) >= 11 is 0. The summed E-state index contributed by atoms with van der Waals surface area (Å²) in [5.41, 5.74) is 8.93. The number of unbranched alkanes of at least 4 members (excludes halogenated alkanes) is 1. The standard InChI is InChI=1S/C20H30N6O/c1-3-4-12-27-20-24-17-15(16(13-21)23-18(17)19(22)25-20)7-5-6-14-8-10-26(2)11-9-14/h14,23H,3-12H2,1-2H3,(H2,22,24,25). The number of hydrogen-bond acceptors (Lipinski definition) is 6. The molecule has 0 unspecified atom stereocenters. The highest BCUT2D eigenvalue weighted by Gasteiger charge is 2.19. The number of H-pyrrole nitrogens is 1. The molecule has 0 bridgehead atoms. The Morgan fingerprint density at radius 3 is 2.78 bits per heavy atom. The molecule has 1 aliphatic heterocycles. The van der Waals surface area contributed by atoms with Crippen LogP contribution < -0.4 is 10.5 Å². The van der Waals surface area contributed by atoms with Crippen molar-refractivity contribution in [3.05, 3.63) is 11.3 Å². The number of aryl methyl sites for hydroxylation is 1. The summed E-state index contributed by atoms with van der Waals surface area (Å²) in [4.78, 5) is 14.3. The van der Waals surface area contributed by atoms with Gasteiger partial charge in [0.05, 0.1) is 6.61 Å². The minimum Gasteiger partial charge on any atom is -0.463 e. The number of anilines is 1. The summed E-state index contributed by atoms with van der Waals surface area (Å²) in [6.07, 6.45) is 7.57. The van der Waals surface area contributed by atoms with Gasteiger partial charge >= 0.3 is 6.01 Å². The Balaban J connectivity index is 1.73. The largest absolute Gasteiger partial charge is 0.463 e. The minimum absolute atomic E-state index is 0.300. The molecule has 7 heteroatoms. The zero-order chi connectivity index (χ0) is 19.2. The molecule has 0 spiro atoms. The van der Waals surface area contributed by atoms with Crippen molar-refractivity contribution in [1.82, 2.24) is 19.9 Å². The van der Waals surface area contributed by atoms with Crippen molar-refractivity contribution in [2.75, 3.05) is 32.5 Å². The molecule has 0 amide bonds. The predicted octanol–water partition coefficient (Wildman–Crippen LogP) is 3.26. The summed E-state index contributed by atoms with van der Waals surface area (Å²) in [5.74, 6) is 1.12. The van der Waals surface area contributed by atoms with Crippen LogP contribution in [-0.4, -0.2) is 46.6 Å². The molecule has 2 aromatic heterocycles. The van der Waals surface area contributed by atoms with Crippen LogP contribution in [0.15, 0.2) is 0 Å². The van der Waals surface area contributed by atoms with E-state index in [1.54, 1.807) is 0 Å². The minimum atomic E-state index is 0.300. The van der Waals surface area contributed by atoms with Gasteiger partial charge in [-0.2, -0.15) is 15.2 Å². The number of nitriles is 1. The number of rotatable bonds is 8. The number of aromatic nitrogens is 3. The van der Waals surface area contributed by atoms with E-state index in [0.29, 0.717) is 29.6 Å². The van der Waals surface area contributed by atoms with Gasteiger partial charge in [0.1, 0.15) is 22.8 Å². The molecule has 0 aromatic carbocycles. The van der Waals surface area contributed by atoms with E-state index >= 15 is 0 Å². The summed E-state index contributed by atoms with van der Waals surface area (Å²) in [5, 5.41) is 9.52. The number of nitrogens with zero attached hydrogens (tertiary/aromatic N) is 4. The normalized spacial score (nSPS) is 15.9. The third-order valence-corrected chi connectivity index (χ3v) is 5.47. The second-order valence-corrected chi connectivity index (χ2v) is 7.55. The molecule has 27 heavy (non-hydrogen) atoms. The molecule has 3 N–H and O–H groups in total. The lowest BCUT2D eigenvalue weighted by molar-refractivity contribution is 0.210. The van der Waals surface area contributed by atoms with E-state index in [1.165, 1.54) is 32.4 Å². The lowest BCUT2D eigenvalue weighted by atomic mass is 9.91. The fourth-order valence-corrected chi connectivity index (χ4v) is 3.75. The van der Waals surface area contributed by atoms with Crippen molar-refractivity contribution in [1.29, 1.82) is 5.26 Å². The van der Waals surface area contributed by atoms with E-state index in [0.717, 1.165) is 42.7 Å². The summed E-state index contributed by atoms with van der Waals surface area (Å²) in [6, 6.07) is 2.55. The van der Waals surface area contributed by atoms with Gasteiger partial charge in [-0.15, -0.1) is 0 Å². The first-order valence-corrected chi connectivity index (χ1v) is 10.0. The van der Waals surface area contributed by atoms with Gasteiger partial charge in [-0.25, -0.2) is 0 Å². The Kier molecular flexibility index (Phi) is 6.51. The molecule has 1 aliphatic rings. The Bertz CT molecular complexity index is 801. The summed E-state index contributed by atoms with van der Waals surface area (Å²) in [7, 11) is 2.19. The van der Waals surface area contributed by atoms with Gasteiger partial charge < -0.3 is 20.4 Å². The van der Waals surface area contributed by atoms with Crippen molar-refractivity contribution in [3.63, 3.8) is 0 Å². The highest BCUT2D eigenvalue weighted by Crippen LogP contribution is 2.29. The molecular formula is C20H30N6O. The van der Waals surface area contributed by atoms with Crippen LogP contribution in [0.2, 0.25) is 0 Å². The molecule has 3 rings (SSSR count).